The van der Waals surface area contributed by atoms with Crippen LogP contribution in [0.25, 0.3) is 0 Å². The Labute approximate surface area is 90.8 Å². The molecule has 7 nitrogen and oxygen atoms in total. The zero-order valence-corrected chi connectivity index (χ0v) is 8.28. The van der Waals surface area contributed by atoms with Crippen molar-refractivity contribution in [2.45, 2.75) is 24.9 Å². The quantitative estimate of drug-likeness (QED) is 0.478. The first-order valence-corrected chi connectivity index (χ1v) is 4.81. The molecule has 2 aliphatic heterocycles. The van der Waals surface area contributed by atoms with Crippen LogP contribution in [0.5, 0.6) is 0 Å². The summed E-state index contributed by atoms with van der Waals surface area (Å²) >= 11 is 0. The zero-order chi connectivity index (χ0) is 11.7. The van der Waals surface area contributed by atoms with Gasteiger partial charge in [0.05, 0.1) is 6.10 Å². The number of nitrogens with zero attached hydrogens (tertiary/aromatic N) is 1. The fourth-order valence-electron chi connectivity index (χ4n) is 1.58. The molecule has 0 aliphatic carbocycles. The smallest absolute Gasteiger partial charge is 0.350 e. The van der Waals surface area contributed by atoms with Gasteiger partial charge in [-0.2, -0.15) is 0 Å². The molecule has 0 spiro atoms. The van der Waals surface area contributed by atoms with E-state index in [1.807, 2.05) is 0 Å². The number of rotatable bonds is 0. The van der Waals surface area contributed by atoms with Gasteiger partial charge in [0.1, 0.15) is 6.10 Å². The lowest BCUT2D eigenvalue weighted by molar-refractivity contribution is -0.282. The molecule has 16 heavy (non-hydrogen) atoms. The minimum Gasteiger partial charge on any atom is -0.437 e. The normalized spacial score (nSPS) is 37.8. The summed E-state index contributed by atoms with van der Waals surface area (Å²) in [5.41, 5.74) is 0. The van der Waals surface area contributed by atoms with Gasteiger partial charge in [-0.3, -0.25) is 0 Å². The second kappa shape index (κ2) is 4.20. The number of esters is 1. The molecule has 0 aromatic rings. The minimum absolute atomic E-state index is 0.190. The molecule has 88 valence electrons. The molecule has 0 amide bonds. The third-order valence-corrected chi connectivity index (χ3v) is 2.42. The maximum Gasteiger partial charge on any atom is 0.350 e. The van der Waals surface area contributed by atoms with Gasteiger partial charge in [-0.25, -0.2) is 9.59 Å². The molecule has 0 radical (unpaired) electrons. The Bertz CT molecular complexity index is 341. The number of ether oxygens (including phenoxy) is 1. The van der Waals surface area contributed by atoms with Crippen molar-refractivity contribution in [3.05, 3.63) is 12.2 Å². The van der Waals surface area contributed by atoms with Gasteiger partial charge in [0.25, 0.3) is 0 Å². The van der Waals surface area contributed by atoms with Crippen molar-refractivity contribution in [1.82, 2.24) is 5.06 Å². The van der Waals surface area contributed by atoms with E-state index in [2.05, 4.69) is 0 Å². The second-order valence-corrected chi connectivity index (χ2v) is 3.56. The van der Waals surface area contributed by atoms with E-state index >= 15 is 0 Å². The summed E-state index contributed by atoms with van der Waals surface area (Å²) in [6.07, 6.45) is -1.38. The minimum atomic E-state index is -1.29. The average Bonchev–Trinajstić information content (AvgIpc) is 2.24. The largest absolute Gasteiger partial charge is 0.437 e. The molecule has 0 saturated carbocycles. The second-order valence-electron chi connectivity index (χ2n) is 3.56. The Morgan fingerprint density at radius 3 is 2.69 bits per heavy atom. The van der Waals surface area contributed by atoms with Gasteiger partial charge in [0, 0.05) is 18.7 Å². The Morgan fingerprint density at radius 2 is 1.94 bits per heavy atom. The number of hydrogen-bond donors (Lipinski definition) is 2. The summed E-state index contributed by atoms with van der Waals surface area (Å²) in [4.78, 5) is 27.1. The van der Waals surface area contributed by atoms with Crippen molar-refractivity contribution in [2.75, 3.05) is 6.54 Å². The maximum absolute atomic E-state index is 11.2. The number of aliphatic hydroxyl groups is 2. The van der Waals surface area contributed by atoms with Gasteiger partial charge in [-0.15, -0.1) is 0 Å². The molecule has 2 rings (SSSR count). The molecular formula is C9H11NO6. The highest BCUT2D eigenvalue weighted by atomic mass is 16.7. The van der Waals surface area contributed by atoms with Crippen LogP contribution in [0.3, 0.4) is 0 Å². The highest BCUT2D eigenvalue weighted by molar-refractivity contribution is 5.92. The van der Waals surface area contributed by atoms with Crippen molar-refractivity contribution in [3.63, 3.8) is 0 Å². The van der Waals surface area contributed by atoms with E-state index in [1.165, 1.54) is 0 Å². The van der Waals surface area contributed by atoms with Crippen LogP contribution in [-0.4, -0.2) is 52.2 Å². The average molecular weight is 229 g/mol. The fourth-order valence-corrected chi connectivity index (χ4v) is 1.58. The molecule has 0 aromatic heterocycles. The van der Waals surface area contributed by atoms with E-state index in [4.69, 9.17) is 9.57 Å². The van der Waals surface area contributed by atoms with Crippen LogP contribution in [0, 0.1) is 0 Å². The molecular weight excluding hydrogens is 218 g/mol. The lowest BCUT2D eigenvalue weighted by Gasteiger charge is -2.38. The lowest BCUT2D eigenvalue weighted by atomic mass is 10.0. The third-order valence-electron chi connectivity index (χ3n) is 2.42. The Kier molecular flexibility index (Phi) is 2.90. The predicted octanol–water partition coefficient (Wildman–Crippen LogP) is -1.69. The SMILES string of the molecule is O=C1/C=C/C(=O)ON2CCC(O)C(O)C2O1. The van der Waals surface area contributed by atoms with Crippen molar-refractivity contribution in [2.24, 2.45) is 0 Å². The van der Waals surface area contributed by atoms with Crippen molar-refractivity contribution in [3.8, 4) is 0 Å². The van der Waals surface area contributed by atoms with Gasteiger partial charge in [-0.1, -0.05) is 5.06 Å². The number of hydroxylamine groups is 2. The molecule has 2 aliphatic rings. The number of carbonyl (C=O) groups is 2. The molecule has 2 heterocycles. The molecule has 1 fully saturated rings. The fraction of sp³-hybridized carbons (Fsp3) is 0.556. The highest BCUT2D eigenvalue weighted by Crippen LogP contribution is 2.21. The van der Waals surface area contributed by atoms with E-state index in [1.54, 1.807) is 0 Å². The van der Waals surface area contributed by atoms with Gasteiger partial charge in [-0.05, 0) is 6.42 Å². The number of carbonyl (C=O) groups excluding carboxylic acids is 2. The number of piperidine rings is 1. The van der Waals surface area contributed by atoms with Crippen LogP contribution < -0.4 is 0 Å². The van der Waals surface area contributed by atoms with Gasteiger partial charge in [0.2, 0.25) is 6.23 Å². The van der Waals surface area contributed by atoms with E-state index in [0.717, 1.165) is 17.2 Å². The van der Waals surface area contributed by atoms with Crippen LogP contribution in [0.15, 0.2) is 12.2 Å². The van der Waals surface area contributed by atoms with Gasteiger partial charge < -0.3 is 19.8 Å². The first-order valence-electron chi connectivity index (χ1n) is 4.81. The van der Waals surface area contributed by atoms with Gasteiger partial charge >= 0.3 is 11.9 Å². The van der Waals surface area contributed by atoms with E-state index in [9.17, 15) is 19.8 Å². The van der Waals surface area contributed by atoms with Crippen LogP contribution in [0.2, 0.25) is 0 Å². The standard InChI is InChI=1S/C9H11NO6/c11-5-3-4-10-9(8(5)14)15-6(12)1-2-7(13)16-10/h1-2,5,8-9,11,14H,3-4H2/b2-1+. The molecule has 0 bridgehead atoms. The Balaban J connectivity index is 2.21. The van der Waals surface area contributed by atoms with E-state index < -0.39 is 30.4 Å². The lowest BCUT2D eigenvalue weighted by Crippen LogP contribution is -2.57. The Morgan fingerprint density at radius 1 is 1.25 bits per heavy atom. The summed E-state index contributed by atoms with van der Waals surface area (Å²) in [5.74, 6) is -1.48. The summed E-state index contributed by atoms with van der Waals surface area (Å²) < 4.78 is 4.84. The summed E-state index contributed by atoms with van der Waals surface area (Å²) in [6, 6.07) is 0. The monoisotopic (exact) mass is 229 g/mol. The molecule has 3 unspecified atom stereocenters. The first kappa shape index (κ1) is 11.1. The van der Waals surface area contributed by atoms with Crippen molar-refractivity contribution < 1.29 is 29.4 Å². The van der Waals surface area contributed by atoms with Gasteiger partial charge in [0.15, 0.2) is 0 Å². The van der Waals surface area contributed by atoms with Crippen molar-refractivity contribution >= 4 is 11.9 Å². The van der Waals surface area contributed by atoms with Crippen LogP contribution >= 0.6 is 0 Å². The maximum atomic E-state index is 11.2. The van der Waals surface area contributed by atoms with Crippen LogP contribution in [0.4, 0.5) is 0 Å². The molecule has 7 heteroatoms. The third kappa shape index (κ3) is 2.06. The molecule has 3 atom stereocenters. The van der Waals surface area contributed by atoms with Crippen LogP contribution in [0.1, 0.15) is 6.42 Å². The summed E-state index contributed by atoms with van der Waals surface area (Å²) in [5, 5.41) is 20.1. The molecule has 0 aromatic carbocycles. The molecule has 1 saturated heterocycles. The first-order chi connectivity index (χ1) is 7.58. The number of aliphatic hydroxyl groups excluding tert-OH is 2. The topological polar surface area (TPSA) is 96.3 Å². The van der Waals surface area contributed by atoms with Crippen molar-refractivity contribution in [1.29, 1.82) is 0 Å². The molecule has 2 N–H and O–H groups in total. The van der Waals surface area contributed by atoms with E-state index in [-0.39, 0.29) is 13.0 Å². The number of hydrogen-bond acceptors (Lipinski definition) is 7. The predicted molar refractivity (Wildman–Crippen MR) is 48.4 cm³/mol. The zero-order valence-electron chi connectivity index (χ0n) is 8.28. The van der Waals surface area contributed by atoms with E-state index in [0.29, 0.717) is 0 Å². The number of fused-ring (bicyclic) bond motifs is 1. The summed E-state index contributed by atoms with van der Waals surface area (Å²) in [6.45, 7) is 0.190. The Hall–Kier alpha value is -1.44. The van der Waals surface area contributed by atoms with Crippen LogP contribution in [-0.2, 0) is 19.2 Å². The summed E-state index contributed by atoms with van der Waals surface area (Å²) in [7, 11) is 0. The highest BCUT2D eigenvalue weighted by Gasteiger charge is 2.41.